The average molecular weight is 187 g/mol. The zero-order chi connectivity index (χ0) is 9.84. The van der Waals surface area contributed by atoms with E-state index in [1.807, 2.05) is 13.8 Å². The number of amides is 1. The third-order valence-corrected chi connectivity index (χ3v) is 2.55. The van der Waals surface area contributed by atoms with Crippen molar-refractivity contribution in [2.24, 2.45) is 5.92 Å². The SMILES string of the molecule is CCC(C)C(O)CN1CCOC1=O. The Balaban J connectivity index is 2.34. The first kappa shape index (κ1) is 10.3. The van der Waals surface area contributed by atoms with Crippen LogP contribution in [-0.4, -0.2) is 41.9 Å². The van der Waals surface area contributed by atoms with Crippen molar-refractivity contribution in [1.82, 2.24) is 4.90 Å². The Morgan fingerprint density at radius 2 is 2.38 bits per heavy atom. The minimum atomic E-state index is -0.435. The predicted molar refractivity (Wildman–Crippen MR) is 48.4 cm³/mol. The Morgan fingerprint density at radius 1 is 1.69 bits per heavy atom. The molecule has 4 nitrogen and oxygen atoms in total. The molecular formula is C9H17NO3. The van der Waals surface area contributed by atoms with Crippen LogP contribution in [0, 0.1) is 5.92 Å². The van der Waals surface area contributed by atoms with Crippen molar-refractivity contribution in [3.63, 3.8) is 0 Å². The fourth-order valence-corrected chi connectivity index (χ4v) is 1.27. The lowest BCUT2D eigenvalue weighted by atomic mass is 10.0. The molecule has 2 unspecified atom stereocenters. The molecule has 13 heavy (non-hydrogen) atoms. The number of hydrogen-bond acceptors (Lipinski definition) is 3. The summed E-state index contributed by atoms with van der Waals surface area (Å²) in [6, 6.07) is 0. The first-order valence-corrected chi connectivity index (χ1v) is 4.75. The van der Waals surface area contributed by atoms with Gasteiger partial charge in [-0.15, -0.1) is 0 Å². The van der Waals surface area contributed by atoms with Crippen LogP contribution >= 0.6 is 0 Å². The number of nitrogens with zero attached hydrogens (tertiary/aromatic N) is 1. The number of ether oxygens (including phenoxy) is 1. The lowest BCUT2D eigenvalue weighted by Gasteiger charge is -2.21. The molecule has 1 N–H and O–H groups in total. The van der Waals surface area contributed by atoms with Gasteiger partial charge in [0.2, 0.25) is 0 Å². The van der Waals surface area contributed by atoms with E-state index in [4.69, 9.17) is 4.74 Å². The number of hydrogen-bond donors (Lipinski definition) is 1. The van der Waals surface area contributed by atoms with Gasteiger partial charge in [-0.25, -0.2) is 4.79 Å². The van der Waals surface area contributed by atoms with E-state index in [-0.39, 0.29) is 12.0 Å². The van der Waals surface area contributed by atoms with Crippen molar-refractivity contribution in [1.29, 1.82) is 0 Å². The number of aliphatic hydroxyl groups is 1. The van der Waals surface area contributed by atoms with Crippen LogP contribution in [0.5, 0.6) is 0 Å². The zero-order valence-electron chi connectivity index (χ0n) is 8.19. The second-order valence-electron chi connectivity index (χ2n) is 3.51. The van der Waals surface area contributed by atoms with Crippen molar-refractivity contribution in [2.75, 3.05) is 19.7 Å². The molecule has 2 atom stereocenters. The molecule has 1 heterocycles. The van der Waals surface area contributed by atoms with Gasteiger partial charge in [-0.1, -0.05) is 20.3 Å². The molecule has 1 amide bonds. The van der Waals surface area contributed by atoms with E-state index in [1.165, 1.54) is 0 Å². The van der Waals surface area contributed by atoms with Crippen LogP contribution in [0.3, 0.4) is 0 Å². The van der Waals surface area contributed by atoms with Crippen molar-refractivity contribution < 1.29 is 14.6 Å². The van der Waals surface area contributed by atoms with Gasteiger partial charge in [0.1, 0.15) is 6.61 Å². The number of carbonyl (C=O) groups excluding carboxylic acids is 1. The first-order chi connectivity index (χ1) is 6.15. The molecule has 1 rings (SSSR count). The van der Waals surface area contributed by atoms with Crippen LogP contribution < -0.4 is 0 Å². The summed E-state index contributed by atoms with van der Waals surface area (Å²) in [5.74, 6) is 0.230. The summed E-state index contributed by atoms with van der Waals surface area (Å²) in [4.78, 5) is 12.6. The summed E-state index contributed by atoms with van der Waals surface area (Å²) in [5.41, 5.74) is 0. The summed E-state index contributed by atoms with van der Waals surface area (Å²) >= 11 is 0. The fourth-order valence-electron chi connectivity index (χ4n) is 1.27. The van der Waals surface area contributed by atoms with Crippen LogP contribution in [0.4, 0.5) is 4.79 Å². The maximum atomic E-state index is 11.0. The van der Waals surface area contributed by atoms with Crippen LogP contribution in [0.15, 0.2) is 0 Å². The molecule has 76 valence electrons. The van der Waals surface area contributed by atoms with Gasteiger partial charge in [0, 0.05) is 0 Å². The largest absolute Gasteiger partial charge is 0.448 e. The third-order valence-electron chi connectivity index (χ3n) is 2.55. The Bertz CT molecular complexity index is 184. The molecule has 1 aliphatic heterocycles. The predicted octanol–water partition coefficient (Wildman–Crippen LogP) is 0.846. The van der Waals surface area contributed by atoms with Crippen molar-refractivity contribution in [3.05, 3.63) is 0 Å². The molecule has 0 aliphatic carbocycles. The standard InChI is InChI=1S/C9H17NO3/c1-3-7(2)8(11)6-10-4-5-13-9(10)12/h7-8,11H,3-6H2,1-2H3. The smallest absolute Gasteiger partial charge is 0.410 e. The molecule has 0 bridgehead atoms. The quantitative estimate of drug-likeness (QED) is 0.709. The van der Waals surface area contributed by atoms with Gasteiger partial charge in [-0.05, 0) is 5.92 Å². The molecule has 4 heteroatoms. The molecule has 0 saturated carbocycles. The number of aliphatic hydroxyl groups excluding tert-OH is 1. The highest BCUT2D eigenvalue weighted by Gasteiger charge is 2.25. The van der Waals surface area contributed by atoms with Gasteiger partial charge in [0.25, 0.3) is 0 Å². The summed E-state index contributed by atoms with van der Waals surface area (Å²) in [6.07, 6.45) is 0.183. The Labute approximate surface area is 78.5 Å². The molecular weight excluding hydrogens is 170 g/mol. The van der Waals surface area contributed by atoms with Gasteiger partial charge in [-0.3, -0.25) is 0 Å². The lowest BCUT2D eigenvalue weighted by molar-refractivity contribution is 0.0799. The summed E-state index contributed by atoms with van der Waals surface area (Å²) in [6.45, 7) is 5.45. The highest BCUT2D eigenvalue weighted by atomic mass is 16.6. The molecule has 1 saturated heterocycles. The topological polar surface area (TPSA) is 49.8 Å². The van der Waals surface area contributed by atoms with E-state index in [0.29, 0.717) is 19.7 Å². The fraction of sp³-hybridized carbons (Fsp3) is 0.889. The van der Waals surface area contributed by atoms with Crippen LogP contribution in [0.2, 0.25) is 0 Å². The molecule has 1 fully saturated rings. The first-order valence-electron chi connectivity index (χ1n) is 4.75. The molecule has 0 spiro atoms. The Morgan fingerprint density at radius 3 is 2.85 bits per heavy atom. The lowest BCUT2D eigenvalue weighted by Crippen LogP contribution is -2.36. The Kier molecular flexibility index (Phi) is 3.54. The molecule has 1 aliphatic rings. The van der Waals surface area contributed by atoms with Gasteiger partial charge < -0.3 is 14.7 Å². The molecule has 0 aromatic rings. The minimum Gasteiger partial charge on any atom is -0.448 e. The van der Waals surface area contributed by atoms with Crippen molar-refractivity contribution in [3.8, 4) is 0 Å². The van der Waals surface area contributed by atoms with Crippen molar-refractivity contribution in [2.45, 2.75) is 26.4 Å². The highest BCUT2D eigenvalue weighted by molar-refractivity contribution is 5.69. The number of cyclic esters (lactones) is 1. The zero-order valence-corrected chi connectivity index (χ0v) is 8.19. The van der Waals surface area contributed by atoms with E-state index >= 15 is 0 Å². The van der Waals surface area contributed by atoms with Gasteiger partial charge in [0.15, 0.2) is 0 Å². The highest BCUT2D eigenvalue weighted by Crippen LogP contribution is 2.11. The van der Waals surface area contributed by atoms with Crippen LogP contribution in [0.1, 0.15) is 20.3 Å². The number of carbonyl (C=O) groups is 1. The second kappa shape index (κ2) is 4.46. The van der Waals surface area contributed by atoms with Gasteiger partial charge in [-0.2, -0.15) is 0 Å². The molecule has 0 aromatic carbocycles. The maximum absolute atomic E-state index is 11.0. The Hall–Kier alpha value is -0.770. The van der Waals surface area contributed by atoms with E-state index in [1.54, 1.807) is 4.90 Å². The average Bonchev–Trinajstić information content (AvgIpc) is 2.50. The summed E-state index contributed by atoms with van der Waals surface area (Å²) in [7, 11) is 0. The van der Waals surface area contributed by atoms with Crippen LogP contribution in [0.25, 0.3) is 0 Å². The molecule has 0 radical (unpaired) electrons. The second-order valence-corrected chi connectivity index (χ2v) is 3.51. The van der Waals surface area contributed by atoms with Crippen molar-refractivity contribution >= 4 is 6.09 Å². The summed E-state index contributed by atoms with van der Waals surface area (Å²) in [5, 5.41) is 9.65. The normalized spacial score (nSPS) is 21.5. The van der Waals surface area contributed by atoms with E-state index < -0.39 is 6.10 Å². The van der Waals surface area contributed by atoms with E-state index in [0.717, 1.165) is 6.42 Å². The van der Waals surface area contributed by atoms with Crippen LogP contribution in [-0.2, 0) is 4.74 Å². The maximum Gasteiger partial charge on any atom is 0.410 e. The minimum absolute atomic E-state index is 0.230. The third kappa shape index (κ3) is 2.59. The van der Waals surface area contributed by atoms with Gasteiger partial charge in [0.05, 0.1) is 19.2 Å². The summed E-state index contributed by atoms with van der Waals surface area (Å²) < 4.78 is 4.76. The van der Waals surface area contributed by atoms with Gasteiger partial charge >= 0.3 is 6.09 Å². The molecule has 0 aromatic heterocycles. The van der Waals surface area contributed by atoms with E-state index in [2.05, 4.69) is 0 Å². The van der Waals surface area contributed by atoms with E-state index in [9.17, 15) is 9.90 Å². The monoisotopic (exact) mass is 187 g/mol. The number of β-amino-alcohol motifs (C(OH)–C–C–N with tert-alkyl or cyclic N) is 1. The number of rotatable bonds is 4.